The molecule has 0 aliphatic carbocycles. The van der Waals surface area contributed by atoms with Gasteiger partial charge in [0.25, 0.3) is 10.8 Å². The molecule has 2 aromatic rings. The molecule has 0 fully saturated rings. The van der Waals surface area contributed by atoms with Crippen molar-refractivity contribution in [2.75, 3.05) is 6.61 Å². The zero-order valence-corrected chi connectivity index (χ0v) is 12.1. The van der Waals surface area contributed by atoms with E-state index in [0.717, 1.165) is 0 Å². The first kappa shape index (κ1) is 14.6. The highest BCUT2D eigenvalue weighted by molar-refractivity contribution is 6.68. The van der Waals surface area contributed by atoms with Crippen LogP contribution in [0.25, 0.3) is 5.69 Å². The van der Waals surface area contributed by atoms with Crippen LogP contribution in [-0.4, -0.2) is 16.4 Å². The van der Waals surface area contributed by atoms with Crippen molar-refractivity contribution >= 4 is 28.4 Å². The van der Waals surface area contributed by atoms with Crippen molar-refractivity contribution in [3.8, 4) is 11.4 Å². The van der Waals surface area contributed by atoms with Crippen molar-refractivity contribution in [3.05, 3.63) is 57.5 Å². The third-order valence-electron chi connectivity index (χ3n) is 2.66. The maximum absolute atomic E-state index is 12.3. The molecule has 6 heteroatoms. The second kappa shape index (κ2) is 6.11. The molecular weight excluding hydrogens is 301 g/mol. The summed E-state index contributed by atoms with van der Waals surface area (Å²) in [5.41, 5.74) is -0.120. The van der Waals surface area contributed by atoms with Crippen molar-refractivity contribution in [3.63, 3.8) is 0 Å². The summed E-state index contributed by atoms with van der Waals surface area (Å²) in [5.74, 6) is 0.183. The number of nitrogens with zero attached hydrogens (tertiary/aromatic N) is 1. The Kier molecular flexibility index (Phi) is 4.47. The van der Waals surface area contributed by atoms with E-state index in [2.05, 4.69) is 0 Å². The Hall–Kier alpha value is -1.78. The van der Waals surface area contributed by atoms with Gasteiger partial charge in [-0.15, -0.1) is 0 Å². The maximum Gasteiger partial charge on any atom is 0.271 e. The van der Waals surface area contributed by atoms with E-state index in [1.165, 1.54) is 16.8 Å². The van der Waals surface area contributed by atoms with Gasteiger partial charge in [-0.2, -0.15) is 0 Å². The predicted octanol–water partition coefficient (Wildman–Crippen LogP) is 3.27. The first-order chi connectivity index (χ1) is 9.54. The lowest BCUT2D eigenvalue weighted by molar-refractivity contribution is 0.107. The highest BCUT2D eigenvalue weighted by Crippen LogP contribution is 2.19. The second-order valence-electron chi connectivity index (χ2n) is 3.91. The molecule has 0 radical (unpaired) electrons. The number of halogens is 2. The van der Waals surface area contributed by atoms with Crippen LogP contribution in [-0.2, 0) is 0 Å². The highest BCUT2D eigenvalue weighted by atomic mass is 35.5. The van der Waals surface area contributed by atoms with Crippen molar-refractivity contribution < 1.29 is 9.53 Å². The van der Waals surface area contributed by atoms with Gasteiger partial charge in [-0.05, 0) is 48.9 Å². The average Bonchev–Trinajstić information content (AvgIpc) is 2.40. The normalized spacial score (nSPS) is 10.3. The van der Waals surface area contributed by atoms with Gasteiger partial charge in [-0.25, -0.2) is 0 Å². The molecule has 0 spiro atoms. The molecule has 0 saturated heterocycles. The molecule has 0 saturated carbocycles. The van der Waals surface area contributed by atoms with Crippen LogP contribution in [0, 0.1) is 0 Å². The molecule has 20 heavy (non-hydrogen) atoms. The van der Waals surface area contributed by atoms with Crippen LogP contribution in [0.1, 0.15) is 17.3 Å². The number of aromatic nitrogens is 1. The SMILES string of the molecule is CCOc1ccn(-c2ccc(Cl)cc2)c(=O)c1C(=O)Cl. The summed E-state index contributed by atoms with van der Waals surface area (Å²) in [5, 5.41) is -0.289. The van der Waals surface area contributed by atoms with Gasteiger partial charge in [0.05, 0.1) is 6.61 Å². The number of pyridine rings is 1. The Labute approximate surface area is 125 Å². The van der Waals surface area contributed by atoms with Gasteiger partial charge in [-0.3, -0.25) is 14.2 Å². The summed E-state index contributed by atoms with van der Waals surface area (Å²) in [6.07, 6.45) is 1.53. The number of rotatable bonds is 4. The second-order valence-corrected chi connectivity index (χ2v) is 4.69. The molecule has 0 atom stereocenters. The molecule has 1 aromatic carbocycles. The molecule has 1 heterocycles. The third kappa shape index (κ3) is 2.86. The Bertz CT molecular complexity index is 693. The lowest BCUT2D eigenvalue weighted by Gasteiger charge is -2.11. The molecule has 0 amide bonds. The van der Waals surface area contributed by atoms with Crippen LogP contribution in [0.2, 0.25) is 5.02 Å². The minimum atomic E-state index is -0.846. The lowest BCUT2D eigenvalue weighted by atomic mass is 10.2. The quantitative estimate of drug-likeness (QED) is 0.814. The largest absolute Gasteiger partial charge is 0.493 e. The number of hydrogen-bond acceptors (Lipinski definition) is 3. The summed E-state index contributed by atoms with van der Waals surface area (Å²) in [7, 11) is 0. The standard InChI is InChI=1S/C14H11Cl2NO3/c1-2-20-11-7-8-17(14(19)12(11)13(16)18)10-5-3-9(15)4-6-10/h3-8H,2H2,1H3. The number of benzene rings is 1. The number of ether oxygens (including phenoxy) is 1. The molecule has 0 N–H and O–H groups in total. The van der Waals surface area contributed by atoms with Crippen molar-refractivity contribution in [1.29, 1.82) is 0 Å². The molecule has 104 valence electrons. The molecular formula is C14H11Cl2NO3. The van der Waals surface area contributed by atoms with E-state index >= 15 is 0 Å². The molecule has 0 bridgehead atoms. The van der Waals surface area contributed by atoms with Crippen LogP contribution in [0.3, 0.4) is 0 Å². The molecule has 4 nitrogen and oxygen atoms in total. The minimum absolute atomic E-state index is 0.175. The van der Waals surface area contributed by atoms with Gasteiger partial charge in [0.1, 0.15) is 11.3 Å². The predicted molar refractivity (Wildman–Crippen MR) is 78.4 cm³/mol. The van der Waals surface area contributed by atoms with Gasteiger partial charge < -0.3 is 4.74 Å². The van der Waals surface area contributed by atoms with Crippen molar-refractivity contribution in [2.24, 2.45) is 0 Å². The zero-order valence-electron chi connectivity index (χ0n) is 10.6. The van der Waals surface area contributed by atoms with Crippen LogP contribution in [0.5, 0.6) is 5.75 Å². The Balaban J connectivity index is 2.62. The number of hydrogen-bond donors (Lipinski definition) is 0. The van der Waals surface area contributed by atoms with E-state index in [4.69, 9.17) is 27.9 Å². The van der Waals surface area contributed by atoms with Gasteiger partial charge >= 0.3 is 0 Å². The first-order valence-corrected chi connectivity index (χ1v) is 6.64. The monoisotopic (exact) mass is 311 g/mol. The lowest BCUT2D eigenvalue weighted by Crippen LogP contribution is -2.24. The smallest absolute Gasteiger partial charge is 0.271 e. The van der Waals surface area contributed by atoms with Gasteiger partial charge in [0, 0.05) is 16.9 Å². The summed E-state index contributed by atoms with van der Waals surface area (Å²) < 4.78 is 6.56. The Morgan fingerprint density at radius 1 is 1.25 bits per heavy atom. The molecule has 2 rings (SSSR count). The van der Waals surface area contributed by atoms with E-state index in [1.54, 1.807) is 31.2 Å². The summed E-state index contributed by atoms with van der Waals surface area (Å²) in [6.45, 7) is 2.09. The van der Waals surface area contributed by atoms with Gasteiger partial charge in [-0.1, -0.05) is 11.6 Å². The fourth-order valence-corrected chi connectivity index (χ4v) is 2.08. The van der Waals surface area contributed by atoms with E-state index < -0.39 is 10.8 Å². The number of carbonyl (C=O) groups is 1. The Morgan fingerprint density at radius 3 is 2.45 bits per heavy atom. The van der Waals surface area contributed by atoms with Crippen LogP contribution >= 0.6 is 23.2 Å². The third-order valence-corrected chi connectivity index (χ3v) is 3.10. The molecule has 1 aromatic heterocycles. The Morgan fingerprint density at radius 2 is 1.90 bits per heavy atom. The highest BCUT2D eigenvalue weighted by Gasteiger charge is 2.17. The maximum atomic E-state index is 12.3. The van der Waals surface area contributed by atoms with Crippen LogP contribution in [0.4, 0.5) is 0 Å². The minimum Gasteiger partial charge on any atom is -0.493 e. The topological polar surface area (TPSA) is 48.3 Å². The summed E-state index contributed by atoms with van der Waals surface area (Å²) in [6, 6.07) is 8.19. The molecule has 0 unspecified atom stereocenters. The zero-order chi connectivity index (χ0) is 14.7. The fraction of sp³-hybridized carbons (Fsp3) is 0.143. The summed E-state index contributed by atoms with van der Waals surface area (Å²) in [4.78, 5) is 23.8. The van der Waals surface area contributed by atoms with Gasteiger partial charge in [0.2, 0.25) is 0 Å². The van der Waals surface area contributed by atoms with E-state index in [1.807, 2.05) is 0 Å². The van der Waals surface area contributed by atoms with Crippen LogP contribution in [0.15, 0.2) is 41.3 Å². The molecule has 0 aliphatic heterocycles. The van der Waals surface area contributed by atoms with E-state index in [9.17, 15) is 9.59 Å². The van der Waals surface area contributed by atoms with Crippen LogP contribution < -0.4 is 10.3 Å². The van der Waals surface area contributed by atoms with Crippen molar-refractivity contribution in [1.82, 2.24) is 4.57 Å². The molecule has 0 aliphatic rings. The van der Waals surface area contributed by atoms with E-state index in [0.29, 0.717) is 17.3 Å². The average molecular weight is 312 g/mol. The fourth-order valence-electron chi connectivity index (χ4n) is 1.78. The summed E-state index contributed by atoms with van der Waals surface area (Å²) >= 11 is 11.3. The number of carbonyl (C=O) groups excluding carboxylic acids is 1. The first-order valence-electron chi connectivity index (χ1n) is 5.88. The van der Waals surface area contributed by atoms with Gasteiger partial charge in [0.15, 0.2) is 0 Å². The van der Waals surface area contributed by atoms with E-state index in [-0.39, 0.29) is 11.3 Å². The van der Waals surface area contributed by atoms with Crippen molar-refractivity contribution in [2.45, 2.75) is 6.92 Å².